The molecule has 168 valence electrons. The smallest absolute Gasteiger partial charge is 0.234 e. The van der Waals surface area contributed by atoms with E-state index < -0.39 is 15.8 Å². The Bertz CT molecular complexity index is 971. The summed E-state index contributed by atoms with van der Waals surface area (Å²) < 4.78 is 46.0. The normalized spacial score (nSPS) is 12.3. The van der Waals surface area contributed by atoms with Crippen molar-refractivity contribution in [3.63, 3.8) is 0 Å². The summed E-state index contributed by atoms with van der Waals surface area (Å²) in [6.07, 6.45) is 1.69. The predicted molar refractivity (Wildman–Crippen MR) is 127 cm³/mol. The lowest BCUT2D eigenvalue weighted by Gasteiger charge is -2.13. The van der Waals surface area contributed by atoms with Gasteiger partial charge in [0.2, 0.25) is 15.9 Å². The monoisotopic (exact) mass is 553 g/mol. The molecular formula is C19H29FIN5O3S. The van der Waals surface area contributed by atoms with Gasteiger partial charge in [0, 0.05) is 19.0 Å². The minimum absolute atomic E-state index is 0. The van der Waals surface area contributed by atoms with E-state index in [1.807, 2.05) is 20.8 Å². The summed E-state index contributed by atoms with van der Waals surface area (Å²) in [5, 5.41) is 5.93. The first-order valence-corrected chi connectivity index (χ1v) is 10.8. The van der Waals surface area contributed by atoms with Crippen LogP contribution in [0.5, 0.6) is 0 Å². The molecule has 0 bridgehead atoms. The maximum atomic E-state index is 13.6. The van der Waals surface area contributed by atoms with Gasteiger partial charge in [-0.15, -0.1) is 24.0 Å². The lowest BCUT2D eigenvalue weighted by Crippen LogP contribution is -2.39. The summed E-state index contributed by atoms with van der Waals surface area (Å²) in [5.41, 5.74) is 0.506. The van der Waals surface area contributed by atoms with E-state index in [4.69, 9.17) is 4.42 Å². The highest BCUT2D eigenvalue weighted by atomic mass is 127. The molecule has 3 N–H and O–H groups in total. The molecule has 2 rings (SSSR count). The van der Waals surface area contributed by atoms with Crippen LogP contribution < -0.4 is 15.4 Å². The number of nitrogens with one attached hydrogen (secondary N) is 3. The highest BCUT2D eigenvalue weighted by Gasteiger charge is 2.19. The molecule has 0 atom stereocenters. The molecular weight excluding hydrogens is 524 g/mol. The van der Waals surface area contributed by atoms with Crippen molar-refractivity contribution >= 4 is 45.6 Å². The Morgan fingerprint density at radius 1 is 1.27 bits per heavy atom. The van der Waals surface area contributed by atoms with Crippen LogP contribution in [0.4, 0.5) is 10.1 Å². The number of oxazole rings is 1. The number of hydrogen-bond donors (Lipinski definition) is 3. The van der Waals surface area contributed by atoms with Gasteiger partial charge < -0.3 is 15.1 Å². The van der Waals surface area contributed by atoms with E-state index in [9.17, 15) is 12.8 Å². The molecule has 0 aliphatic rings. The van der Waals surface area contributed by atoms with Crippen molar-refractivity contribution in [1.29, 1.82) is 0 Å². The number of benzene rings is 1. The van der Waals surface area contributed by atoms with Crippen LogP contribution >= 0.6 is 24.0 Å². The molecule has 0 aliphatic heterocycles. The number of aryl methyl sites for hydroxylation is 1. The quantitative estimate of drug-likeness (QED) is 0.276. The molecule has 0 saturated carbocycles. The number of rotatable bonds is 7. The van der Waals surface area contributed by atoms with Crippen LogP contribution in [0.15, 0.2) is 33.8 Å². The first-order valence-electron chi connectivity index (χ1n) is 9.16. The second-order valence-electron chi connectivity index (χ2n) is 7.61. The minimum Gasteiger partial charge on any atom is -0.443 e. The molecule has 2 aromatic rings. The average molecular weight is 553 g/mol. The molecule has 0 aliphatic carbocycles. The largest absolute Gasteiger partial charge is 0.443 e. The molecule has 11 heteroatoms. The second kappa shape index (κ2) is 10.9. The summed E-state index contributed by atoms with van der Waals surface area (Å²) in [4.78, 5) is 8.26. The number of sulfonamides is 1. The van der Waals surface area contributed by atoms with E-state index in [1.165, 1.54) is 12.1 Å². The average Bonchev–Trinajstić information content (AvgIpc) is 3.10. The van der Waals surface area contributed by atoms with Gasteiger partial charge in [0.15, 0.2) is 5.96 Å². The van der Waals surface area contributed by atoms with Gasteiger partial charge in [-0.05, 0) is 24.6 Å². The Morgan fingerprint density at radius 2 is 1.97 bits per heavy atom. The number of aromatic nitrogens is 1. The topological polar surface area (TPSA) is 109 Å². The maximum Gasteiger partial charge on any atom is 0.234 e. The summed E-state index contributed by atoms with van der Waals surface area (Å²) in [6.45, 7) is 8.13. The van der Waals surface area contributed by atoms with E-state index in [0.717, 1.165) is 11.8 Å². The maximum absolute atomic E-state index is 13.6. The zero-order chi connectivity index (χ0) is 21.7. The minimum atomic E-state index is -3.64. The zero-order valence-electron chi connectivity index (χ0n) is 17.7. The van der Waals surface area contributed by atoms with E-state index in [2.05, 4.69) is 25.3 Å². The van der Waals surface area contributed by atoms with Crippen LogP contribution in [0.1, 0.15) is 38.0 Å². The first-order chi connectivity index (χ1) is 13.5. The number of halogens is 2. The molecule has 1 heterocycles. The number of aliphatic imine (C=N–C) groups is 1. The lowest BCUT2D eigenvalue weighted by molar-refractivity contribution is 0.379. The van der Waals surface area contributed by atoms with Crippen molar-refractivity contribution < 1.29 is 17.2 Å². The fourth-order valence-corrected chi connectivity index (χ4v) is 3.27. The van der Waals surface area contributed by atoms with Gasteiger partial charge in [-0.1, -0.05) is 26.8 Å². The van der Waals surface area contributed by atoms with Crippen LogP contribution in [-0.4, -0.2) is 38.7 Å². The van der Waals surface area contributed by atoms with Crippen molar-refractivity contribution in [3.8, 4) is 0 Å². The fourth-order valence-electron chi connectivity index (χ4n) is 2.31. The number of nitrogens with zero attached hydrogens (tertiary/aromatic N) is 2. The third-order valence-corrected chi connectivity index (χ3v) is 5.32. The van der Waals surface area contributed by atoms with Crippen LogP contribution in [0, 0.1) is 12.7 Å². The molecule has 1 aromatic heterocycles. The SMILES string of the molecule is CN=C(NCCS(=O)(=O)Nc1ccc(C)c(F)c1)NCc1ncc(C(C)(C)C)o1.I. The number of guanidine groups is 1. The van der Waals surface area contributed by atoms with Gasteiger partial charge in [0.25, 0.3) is 0 Å². The van der Waals surface area contributed by atoms with Crippen molar-refractivity contribution in [2.24, 2.45) is 4.99 Å². The van der Waals surface area contributed by atoms with Gasteiger partial charge in [-0.3, -0.25) is 9.71 Å². The van der Waals surface area contributed by atoms with Gasteiger partial charge in [-0.25, -0.2) is 17.8 Å². The standard InChI is InChI=1S/C19H28FN5O3S.HI/c1-13-6-7-14(10-15(13)20)25-29(26,27)9-8-22-18(21-5)24-12-17-23-11-16(28-17)19(2,3)4;/h6-7,10-11,25H,8-9,12H2,1-5H3,(H2,21,22,24);1H. The van der Waals surface area contributed by atoms with Crippen LogP contribution in [0.25, 0.3) is 0 Å². The van der Waals surface area contributed by atoms with Gasteiger partial charge in [0.05, 0.1) is 24.2 Å². The van der Waals surface area contributed by atoms with Crippen molar-refractivity contribution in [2.45, 2.75) is 39.7 Å². The molecule has 1 aromatic carbocycles. The third kappa shape index (κ3) is 8.09. The molecule has 0 saturated heterocycles. The van der Waals surface area contributed by atoms with Gasteiger partial charge in [0.1, 0.15) is 11.6 Å². The molecule has 0 fully saturated rings. The van der Waals surface area contributed by atoms with E-state index >= 15 is 0 Å². The molecule has 0 radical (unpaired) electrons. The lowest BCUT2D eigenvalue weighted by atomic mass is 9.94. The van der Waals surface area contributed by atoms with Crippen LogP contribution in [-0.2, 0) is 22.0 Å². The summed E-state index contributed by atoms with van der Waals surface area (Å²) in [6, 6.07) is 4.19. The highest BCUT2D eigenvalue weighted by molar-refractivity contribution is 14.0. The van der Waals surface area contributed by atoms with E-state index in [1.54, 1.807) is 20.2 Å². The Kier molecular flexibility index (Phi) is 9.53. The van der Waals surface area contributed by atoms with Gasteiger partial charge >= 0.3 is 0 Å². The predicted octanol–water partition coefficient (Wildman–Crippen LogP) is 3.14. The Morgan fingerprint density at radius 3 is 2.53 bits per heavy atom. The molecule has 0 spiro atoms. The molecule has 0 unspecified atom stereocenters. The number of hydrogen-bond acceptors (Lipinski definition) is 5. The van der Waals surface area contributed by atoms with Crippen molar-refractivity contribution in [1.82, 2.24) is 15.6 Å². The summed E-state index contributed by atoms with van der Waals surface area (Å²) >= 11 is 0. The first kappa shape index (κ1) is 26.1. The molecule has 30 heavy (non-hydrogen) atoms. The van der Waals surface area contributed by atoms with Crippen molar-refractivity contribution in [2.75, 3.05) is 24.1 Å². The van der Waals surface area contributed by atoms with Crippen molar-refractivity contribution in [3.05, 3.63) is 47.4 Å². The second-order valence-corrected chi connectivity index (χ2v) is 9.45. The Balaban J connectivity index is 0.00000450. The Hall–Kier alpha value is -1.89. The van der Waals surface area contributed by atoms with Gasteiger partial charge in [-0.2, -0.15) is 0 Å². The zero-order valence-corrected chi connectivity index (χ0v) is 20.9. The highest BCUT2D eigenvalue weighted by Crippen LogP contribution is 2.22. The van der Waals surface area contributed by atoms with Crippen LogP contribution in [0.3, 0.4) is 0 Å². The summed E-state index contributed by atoms with van der Waals surface area (Å²) in [7, 11) is -2.06. The Labute approximate surface area is 194 Å². The molecule has 8 nitrogen and oxygen atoms in total. The van der Waals surface area contributed by atoms with E-state index in [-0.39, 0.29) is 47.4 Å². The third-order valence-electron chi connectivity index (χ3n) is 4.03. The number of anilines is 1. The van der Waals surface area contributed by atoms with Crippen LogP contribution in [0.2, 0.25) is 0 Å². The molecule has 0 amide bonds. The van der Waals surface area contributed by atoms with E-state index in [0.29, 0.717) is 24.0 Å². The fraction of sp³-hybridized carbons (Fsp3) is 0.474. The summed E-state index contributed by atoms with van der Waals surface area (Å²) in [5.74, 6) is 1.03.